The Morgan fingerprint density at radius 1 is 1.21 bits per heavy atom. The van der Waals surface area contributed by atoms with Crippen molar-refractivity contribution in [3.63, 3.8) is 0 Å². The van der Waals surface area contributed by atoms with Gasteiger partial charge in [0.1, 0.15) is 12.1 Å². The van der Waals surface area contributed by atoms with Crippen LogP contribution in [0.4, 0.5) is 0 Å². The first-order valence-electron chi connectivity index (χ1n) is 5.54. The summed E-state index contributed by atoms with van der Waals surface area (Å²) in [7, 11) is 0. The van der Waals surface area contributed by atoms with Gasteiger partial charge in [-0.3, -0.25) is 9.59 Å². The number of hydrogen-bond donors (Lipinski definition) is 4. The molecule has 0 saturated carbocycles. The SMILES string of the molecule is NC(=O)C[C@@H](NC(=O)[C@@H](N)c1ccccc1)C(=O)O. The summed E-state index contributed by atoms with van der Waals surface area (Å²) in [6.45, 7) is 0. The Kier molecular flexibility index (Phi) is 5.01. The van der Waals surface area contributed by atoms with Crippen LogP contribution >= 0.6 is 0 Å². The van der Waals surface area contributed by atoms with Gasteiger partial charge >= 0.3 is 5.97 Å². The van der Waals surface area contributed by atoms with Gasteiger partial charge in [0, 0.05) is 0 Å². The van der Waals surface area contributed by atoms with Crippen molar-refractivity contribution < 1.29 is 19.5 Å². The van der Waals surface area contributed by atoms with Crippen molar-refractivity contribution in [3.8, 4) is 0 Å². The molecule has 7 nitrogen and oxygen atoms in total. The van der Waals surface area contributed by atoms with Gasteiger partial charge in [0.25, 0.3) is 0 Å². The van der Waals surface area contributed by atoms with Gasteiger partial charge in [-0.2, -0.15) is 0 Å². The van der Waals surface area contributed by atoms with Gasteiger partial charge in [0.15, 0.2) is 0 Å². The van der Waals surface area contributed by atoms with Crippen LogP contribution in [0.3, 0.4) is 0 Å². The number of amides is 2. The lowest BCUT2D eigenvalue weighted by atomic mass is 10.1. The molecule has 0 aliphatic carbocycles. The van der Waals surface area contributed by atoms with Gasteiger partial charge in [-0.1, -0.05) is 30.3 Å². The van der Waals surface area contributed by atoms with Crippen molar-refractivity contribution in [2.24, 2.45) is 11.5 Å². The summed E-state index contributed by atoms with van der Waals surface area (Å²) in [5, 5.41) is 11.0. The molecule has 0 bridgehead atoms. The number of aliphatic carboxylic acids is 1. The van der Waals surface area contributed by atoms with Crippen LogP contribution in [-0.4, -0.2) is 28.9 Å². The molecule has 0 spiro atoms. The van der Waals surface area contributed by atoms with Crippen LogP contribution in [0.15, 0.2) is 30.3 Å². The molecule has 1 aromatic rings. The van der Waals surface area contributed by atoms with E-state index in [9.17, 15) is 14.4 Å². The molecule has 0 heterocycles. The quantitative estimate of drug-likeness (QED) is 0.530. The van der Waals surface area contributed by atoms with Crippen molar-refractivity contribution in [3.05, 3.63) is 35.9 Å². The summed E-state index contributed by atoms with van der Waals surface area (Å²) >= 11 is 0. The second-order valence-electron chi connectivity index (χ2n) is 3.96. The zero-order valence-corrected chi connectivity index (χ0v) is 10.1. The van der Waals surface area contributed by atoms with E-state index in [1.165, 1.54) is 0 Å². The van der Waals surface area contributed by atoms with Gasteiger partial charge in [0.2, 0.25) is 11.8 Å². The molecule has 2 amide bonds. The van der Waals surface area contributed by atoms with Crippen LogP contribution in [-0.2, 0) is 14.4 Å². The van der Waals surface area contributed by atoms with Crippen molar-refractivity contribution >= 4 is 17.8 Å². The molecule has 0 aliphatic heterocycles. The summed E-state index contributed by atoms with van der Waals surface area (Å²) in [6, 6.07) is 6.10. The molecule has 0 aliphatic rings. The minimum atomic E-state index is -1.38. The molecule has 1 rings (SSSR count). The third kappa shape index (κ3) is 4.40. The molecule has 0 radical (unpaired) electrons. The second-order valence-corrected chi connectivity index (χ2v) is 3.96. The van der Waals surface area contributed by atoms with E-state index in [0.717, 1.165) is 0 Å². The van der Waals surface area contributed by atoms with Crippen molar-refractivity contribution in [2.75, 3.05) is 0 Å². The molecule has 19 heavy (non-hydrogen) atoms. The van der Waals surface area contributed by atoms with Gasteiger partial charge in [-0.05, 0) is 5.56 Å². The molecule has 102 valence electrons. The fourth-order valence-corrected chi connectivity index (χ4v) is 1.47. The van der Waals surface area contributed by atoms with E-state index in [1.807, 2.05) is 0 Å². The average Bonchev–Trinajstić information content (AvgIpc) is 2.37. The smallest absolute Gasteiger partial charge is 0.326 e. The number of carbonyl (C=O) groups excluding carboxylic acids is 2. The van der Waals surface area contributed by atoms with E-state index >= 15 is 0 Å². The number of rotatable bonds is 6. The summed E-state index contributed by atoms with van der Waals surface area (Å²) in [5.74, 6) is -2.84. The first kappa shape index (κ1) is 14.7. The lowest BCUT2D eigenvalue weighted by Crippen LogP contribution is -2.46. The van der Waals surface area contributed by atoms with E-state index < -0.39 is 36.3 Å². The molecular formula is C12H15N3O4. The topological polar surface area (TPSA) is 136 Å². The second kappa shape index (κ2) is 6.50. The first-order chi connectivity index (χ1) is 8.91. The summed E-state index contributed by atoms with van der Waals surface area (Å²) < 4.78 is 0. The van der Waals surface area contributed by atoms with E-state index in [4.69, 9.17) is 16.6 Å². The van der Waals surface area contributed by atoms with Gasteiger partial charge in [-0.25, -0.2) is 4.79 Å². The number of nitrogens with two attached hydrogens (primary N) is 2. The molecular weight excluding hydrogens is 250 g/mol. The first-order valence-corrected chi connectivity index (χ1v) is 5.54. The molecule has 0 fully saturated rings. The lowest BCUT2D eigenvalue weighted by molar-refractivity contribution is -0.143. The highest BCUT2D eigenvalue weighted by atomic mass is 16.4. The van der Waals surface area contributed by atoms with Crippen molar-refractivity contribution in [1.82, 2.24) is 5.32 Å². The fourth-order valence-electron chi connectivity index (χ4n) is 1.47. The number of benzene rings is 1. The summed E-state index contributed by atoms with van der Waals surface area (Å²) in [6.07, 6.45) is -0.484. The number of primary amides is 1. The van der Waals surface area contributed by atoms with Gasteiger partial charge in [-0.15, -0.1) is 0 Å². The molecule has 0 saturated heterocycles. The van der Waals surface area contributed by atoms with Crippen LogP contribution in [0, 0.1) is 0 Å². The predicted molar refractivity (Wildman–Crippen MR) is 66.7 cm³/mol. The highest BCUT2D eigenvalue weighted by molar-refractivity contribution is 5.90. The molecule has 0 aromatic heterocycles. The van der Waals surface area contributed by atoms with Gasteiger partial charge < -0.3 is 21.9 Å². The van der Waals surface area contributed by atoms with E-state index in [2.05, 4.69) is 5.32 Å². The number of nitrogens with one attached hydrogen (secondary N) is 1. The maximum absolute atomic E-state index is 11.8. The minimum Gasteiger partial charge on any atom is -0.480 e. The van der Waals surface area contributed by atoms with E-state index in [1.54, 1.807) is 30.3 Å². The Balaban J connectivity index is 2.72. The number of carboxylic acid groups (broad SMARTS) is 1. The molecule has 6 N–H and O–H groups in total. The Morgan fingerprint density at radius 3 is 2.26 bits per heavy atom. The third-order valence-corrected chi connectivity index (χ3v) is 2.46. The molecule has 1 aromatic carbocycles. The van der Waals surface area contributed by atoms with Crippen LogP contribution in [0.1, 0.15) is 18.0 Å². The largest absolute Gasteiger partial charge is 0.480 e. The standard InChI is InChI=1S/C12H15N3O4/c13-9(16)6-8(12(18)19)15-11(17)10(14)7-4-2-1-3-5-7/h1-5,8,10H,6,14H2,(H2,13,16)(H,15,17)(H,18,19)/t8-,10+/m1/s1. The van der Waals surface area contributed by atoms with Crippen LogP contribution in [0.5, 0.6) is 0 Å². The fraction of sp³-hybridized carbons (Fsp3) is 0.250. The summed E-state index contributed by atoms with van der Waals surface area (Å²) in [5.41, 5.74) is 11.2. The van der Waals surface area contributed by atoms with E-state index in [0.29, 0.717) is 5.56 Å². The highest BCUT2D eigenvalue weighted by Gasteiger charge is 2.25. The Bertz CT molecular complexity index is 475. The number of carbonyl (C=O) groups is 3. The normalized spacial score (nSPS) is 13.3. The zero-order chi connectivity index (χ0) is 14.4. The molecule has 7 heteroatoms. The Hall–Kier alpha value is -2.41. The number of hydrogen-bond acceptors (Lipinski definition) is 4. The van der Waals surface area contributed by atoms with Crippen molar-refractivity contribution in [2.45, 2.75) is 18.5 Å². The average molecular weight is 265 g/mol. The molecule has 0 unspecified atom stereocenters. The Morgan fingerprint density at radius 2 is 1.79 bits per heavy atom. The lowest BCUT2D eigenvalue weighted by Gasteiger charge is -2.17. The molecule has 2 atom stereocenters. The monoisotopic (exact) mass is 265 g/mol. The Labute approximate surface area is 109 Å². The third-order valence-electron chi connectivity index (χ3n) is 2.46. The van der Waals surface area contributed by atoms with Crippen molar-refractivity contribution in [1.29, 1.82) is 0 Å². The minimum absolute atomic E-state index is 0.484. The van der Waals surface area contributed by atoms with Crippen LogP contribution < -0.4 is 16.8 Å². The predicted octanol–water partition coefficient (Wildman–Crippen LogP) is -0.869. The van der Waals surface area contributed by atoms with E-state index in [-0.39, 0.29) is 0 Å². The number of carboxylic acids is 1. The summed E-state index contributed by atoms with van der Waals surface area (Å²) in [4.78, 5) is 33.4. The maximum Gasteiger partial charge on any atom is 0.326 e. The highest BCUT2D eigenvalue weighted by Crippen LogP contribution is 2.09. The van der Waals surface area contributed by atoms with Gasteiger partial charge in [0.05, 0.1) is 6.42 Å². The van der Waals surface area contributed by atoms with Crippen LogP contribution in [0.25, 0.3) is 0 Å². The zero-order valence-electron chi connectivity index (χ0n) is 10.1. The van der Waals surface area contributed by atoms with Crippen LogP contribution in [0.2, 0.25) is 0 Å². The maximum atomic E-state index is 11.8.